The van der Waals surface area contributed by atoms with Crippen LogP contribution < -0.4 is 0 Å². The number of nitrogens with one attached hydrogen (secondary N) is 1. The number of aromatic nitrogens is 3. The van der Waals surface area contributed by atoms with Gasteiger partial charge in [0.05, 0.1) is 0 Å². The van der Waals surface area contributed by atoms with E-state index in [4.69, 9.17) is 12.2 Å². The Morgan fingerprint density at radius 3 is 2.56 bits per heavy atom. The Labute approximate surface area is 112 Å². The Morgan fingerprint density at radius 1 is 1.28 bits per heavy atom. The van der Waals surface area contributed by atoms with Gasteiger partial charge in [-0.1, -0.05) is 26.1 Å². The molecule has 2 rings (SSSR count). The molecule has 0 amide bonds. The molecule has 0 aliphatic heterocycles. The Hall–Kier alpha value is -1.55. The lowest BCUT2D eigenvalue weighted by molar-refractivity contribution is 0.824. The van der Waals surface area contributed by atoms with E-state index in [9.17, 15) is 0 Å². The second-order valence-corrected chi connectivity index (χ2v) is 5.16. The maximum atomic E-state index is 5.39. The van der Waals surface area contributed by atoms with E-state index in [-0.39, 0.29) is 0 Å². The fourth-order valence-electron chi connectivity index (χ4n) is 2.11. The average molecular weight is 259 g/mol. The van der Waals surface area contributed by atoms with E-state index in [0.29, 0.717) is 10.6 Å². The molecular weight excluding hydrogens is 242 g/mol. The summed E-state index contributed by atoms with van der Waals surface area (Å²) in [7, 11) is 0. The van der Waals surface area contributed by atoms with Crippen LogP contribution in [0, 0.1) is 18.5 Å². The Morgan fingerprint density at radius 2 is 2.00 bits per heavy atom. The molecule has 18 heavy (non-hydrogen) atoms. The van der Waals surface area contributed by atoms with Crippen LogP contribution in [0.2, 0.25) is 0 Å². The van der Waals surface area contributed by atoms with Gasteiger partial charge in [-0.05, 0) is 31.4 Å². The minimum atomic E-state index is 0.380. The van der Waals surface area contributed by atoms with E-state index in [0.717, 1.165) is 28.2 Å². The lowest BCUT2D eigenvalue weighted by Gasteiger charge is -2.12. The summed E-state index contributed by atoms with van der Waals surface area (Å²) in [5.41, 5.74) is 4.35. The van der Waals surface area contributed by atoms with Crippen LogP contribution in [0.4, 0.5) is 0 Å². The van der Waals surface area contributed by atoms with Gasteiger partial charge < -0.3 is 4.98 Å². The van der Waals surface area contributed by atoms with Crippen molar-refractivity contribution in [3.05, 3.63) is 39.9 Å². The SMILES string of the molecule is Cc1ccncc1-c1nc(=S)c(C(C)C)c(C)[nH]1. The summed E-state index contributed by atoms with van der Waals surface area (Å²) in [5, 5.41) is 0. The topological polar surface area (TPSA) is 41.6 Å². The predicted octanol–water partition coefficient (Wildman–Crippen LogP) is 3.94. The smallest absolute Gasteiger partial charge is 0.140 e. The third-order valence-corrected chi connectivity index (χ3v) is 3.34. The van der Waals surface area contributed by atoms with Crippen LogP contribution in [0.3, 0.4) is 0 Å². The zero-order chi connectivity index (χ0) is 13.3. The first-order valence-electron chi connectivity index (χ1n) is 6.02. The second-order valence-electron chi connectivity index (χ2n) is 4.77. The Balaban J connectivity index is 2.63. The molecule has 0 bridgehead atoms. The van der Waals surface area contributed by atoms with Gasteiger partial charge in [0, 0.05) is 29.2 Å². The summed E-state index contributed by atoms with van der Waals surface area (Å²) in [5.74, 6) is 1.18. The van der Waals surface area contributed by atoms with Crippen LogP contribution in [0.25, 0.3) is 11.4 Å². The molecule has 0 unspecified atom stereocenters. The molecule has 2 heterocycles. The molecule has 2 aromatic rings. The molecule has 1 N–H and O–H groups in total. The summed E-state index contributed by atoms with van der Waals surface area (Å²) in [4.78, 5) is 12.0. The molecule has 94 valence electrons. The van der Waals surface area contributed by atoms with Crippen molar-refractivity contribution in [1.29, 1.82) is 0 Å². The molecule has 0 spiro atoms. The van der Waals surface area contributed by atoms with Gasteiger partial charge in [0.15, 0.2) is 0 Å². The van der Waals surface area contributed by atoms with Crippen LogP contribution in [0.15, 0.2) is 18.5 Å². The fraction of sp³-hybridized carbons (Fsp3) is 0.357. The van der Waals surface area contributed by atoms with Crippen molar-refractivity contribution < 1.29 is 0 Å². The summed E-state index contributed by atoms with van der Waals surface area (Å²) in [6.45, 7) is 8.34. The highest BCUT2D eigenvalue weighted by Crippen LogP contribution is 2.23. The van der Waals surface area contributed by atoms with E-state index in [1.165, 1.54) is 0 Å². The summed E-state index contributed by atoms with van der Waals surface area (Å²) < 4.78 is 0.680. The molecule has 0 aromatic carbocycles. The van der Waals surface area contributed by atoms with Gasteiger partial charge in [0.1, 0.15) is 10.5 Å². The molecule has 0 saturated carbocycles. The highest BCUT2D eigenvalue weighted by Gasteiger charge is 2.11. The zero-order valence-corrected chi connectivity index (χ0v) is 11.9. The molecule has 0 aliphatic rings. The van der Waals surface area contributed by atoms with Gasteiger partial charge in [-0.15, -0.1) is 0 Å². The van der Waals surface area contributed by atoms with Crippen LogP contribution in [-0.2, 0) is 0 Å². The molecule has 0 fully saturated rings. The van der Waals surface area contributed by atoms with Crippen LogP contribution in [0.1, 0.15) is 36.6 Å². The normalized spacial score (nSPS) is 10.9. The first kappa shape index (κ1) is 12.9. The Bertz CT molecular complexity index is 629. The number of rotatable bonds is 2. The van der Waals surface area contributed by atoms with Gasteiger partial charge in [-0.25, -0.2) is 4.98 Å². The van der Waals surface area contributed by atoms with Crippen molar-refractivity contribution in [2.45, 2.75) is 33.6 Å². The maximum Gasteiger partial charge on any atom is 0.140 e. The lowest BCUT2D eigenvalue weighted by Crippen LogP contribution is -2.02. The summed E-state index contributed by atoms with van der Waals surface area (Å²) in [6, 6.07) is 1.97. The maximum absolute atomic E-state index is 5.39. The van der Waals surface area contributed by atoms with Crippen molar-refractivity contribution in [2.24, 2.45) is 0 Å². The zero-order valence-electron chi connectivity index (χ0n) is 11.1. The number of hydrogen-bond acceptors (Lipinski definition) is 3. The molecule has 0 saturated heterocycles. The highest BCUT2D eigenvalue weighted by atomic mass is 32.1. The predicted molar refractivity (Wildman–Crippen MR) is 76.2 cm³/mol. The van der Waals surface area contributed by atoms with Gasteiger partial charge >= 0.3 is 0 Å². The lowest BCUT2D eigenvalue weighted by atomic mass is 10.0. The highest BCUT2D eigenvalue weighted by molar-refractivity contribution is 7.71. The Kier molecular flexibility index (Phi) is 3.57. The molecule has 2 aromatic heterocycles. The van der Waals surface area contributed by atoms with E-state index in [2.05, 4.69) is 28.8 Å². The van der Waals surface area contributed by atoms with Crippen molar-refractivity contribution in [3.8, 4) is 11.4 Å². The van der Waals surface area contributed by atoms with Gasteiger partial charge in [0.25, 0.3) is 0 Å². The van der Waals surface area contributed by atoms with E-state index in [1.807, 2.05) is 26.1 Å². The van der Waals surface area contributed by atoms with E-state index < -0.39 is 0 Å². The number of aromatic amines is 1. The third kappa shape index (κ3) is 2.34. The number of aryl methyl sites for hydroxylation is 2. The number of pyridine rings is 1. The molecule has 0 atom stereocenters. The molecular formula is C14H17N3S. The second kappa shape index (κ2) is 4.98. The first-order valence-corrected chi connectivity index (χ1v) is 6.43. The fourth-order valence-corrected chi connectivity index (χ4v) is 2.59. The van der Waals surface area contributed by atoms with Crippen molar-refractivity contribution >= 4 is 12.2 Å². The van der Waals surface area contributed by atoms with E-state index >= 15 is 0 Å². The van der Waals surface area contributed by atoms with Crippen LogP contribution >= 0.6 is 12.2 Å². The van der Waals surface area contributed by atoms with Gasteiger partial charge in [-0.3, -0.25) is 4.98 Å². The number of H-pyrrole nitrogens is 1. The van der Waals surface area contributed by atoms with Crippen LogP contribution in [-0.4, -0.2) is 15.0 Å². The molecule has 3 nitrogen and oxygen atoms in total. The largest absolute Gasteiger partial charge is 0.343 e. The average Bonchev–Trinajstić information content (AvgIpc) is 2.27. The van der Waals surface area contributed by atoms with Crippen LogP contribution in [0.5, 0.6) is 0 Å². The molecule has 0 radical (unpaired) electrons. The van der Waals surface area contributed by atoms with Gasteiger partial charge in [0.2, 0.25) is 0 Å². The first-order chi connectivity index (χ1) is 8.50. The standard InChI is InChI=1S/C14H17N3S/c1-8(2)12-10(4)16-13(17-14(12)18)11-7-15-6-5-9(11)3/h5-8H,1-4H3,(H,16,17,18). The minimum Gasteiger partial charge on any atom is -0.343 e. The minimum absolute atomic E-state index is 0.380. The number of nitrogens with zero attached hydrogens (tertiary/aromatic N) is 2. The van der Waals surface area contributed by atoms with E-state index in [1.54, 1.807) is 6.20 Å². The number of hydrogen-bond donors (Lipinski definition) is 1. The van der Waals surface area contributed by atoms with Crippen molar-refractivity contribution in [1.82, 2.24) is 15.0 Å². The van der Waals surface area contributed by atoms with Crippen molar-refractivity contribution in [2.75, 3.05) is 0 Å². The monoisotopic (exact) mass is 259 g/mol. The molecule has 0 aliphatic carbocycles. The molecule has 4 heteroatoms. The third-order valence-electron chi connectivity index (χ3n) is 3.03. The quantitative estimate of drug-likeness (QED) is 0.830. The van der Waals surface area contributed by atoms with Crippen molar-refractivity contribution in [3.63, 3.8) is 0 Å². The summed E-state index contributed by atoms with van der Waals surface area (Å²) in [6.07, 6.45) is 3.60. The van der Waals surface area contributed by atoms with Gasteiger partial charge in [-0.2, -0.15) is 0 Å². The summed E-state index contributed by atoms with van der Waals surface area (Å²) >= 11 is 5.39.